The van der Waals surface area contributed by atoms with E-state index in [1.165, 1.54) is 4.68 Å². The van der Waals surface area contributed by atoms with Gasteiger partial charge in [0.25, 0.3) is 0 Å². The number of hydrogen-bond donors (Lipinski definition) is 0. The standard InChI is InChI=1S/C17H15N3O2/c1-2-22-17(21)16(12-13-8-4-3-5-9-13)20-15-11-7-6-10-14(15)18-19-20/h3-12H,2H2,1H3. The van der Waals surface area contributed by atoms with Gasteiger partial charge in [0, 0.05) is 0 Å². The first-order valence-electron chi connectivity index (χ1n) is 7.04. The van der Waals surface area contributed by atoms with E-state index in [-0.39, 0.29) is 0 Å². The molecule has 0 atom stereocenters. The molecule has 0 aliphatic rings. The van der Waals surface area contributed by atoms with E-state index in [1.54, 1.807) is 13.0 Å². The lowest BCUT2D eigenvalue weighted by molar-refractivity contribution is -0.136. The third kappa shape index (κ3) is 2.74. The molecular formula is C17H15N3O2. The highest BCUT2D eigenvalue weighted by atomic mass is 16.5. The summed E-state index contributed by atoms with van der Waals surface area (Å²) >= 11 is 0. The Balaban J connectivity index is 2.13. The van der Waals surface area contributed by atoms with E-state index >= 15 is 0 Å². The van der Waals surface area contributed by atoms with Gasteiger partial charge in [-0.25, -0.2) is 9.48 Å². The van der Waals surface area contributed by atoms with Crippen LogP contribution in [0.5, 0.6) is 0 Å². The topological polar surface area (TPSA) is 57.0 Å². The number of nitrogens with zero attached hydrogens (tertiary/aromatic N) is 3. The fourth-order valence-corrected chi connectivity index (χ4v) is 2.17. The molecule has 110 valence electrons. The minimum absolute atomic E-state index is 0.303. The molecule has 0 N–H and O–H groups in total. The van der Waals surface area contributed by atoms with Gasteiger partial charge < -0.3 is 4.74 Å². The minimum Gasteiger partial charge on any atom is -0.461 e. The van der Waals surface area contributed by atoms with Crippen molar-refractivity contribution in [2.24, 2.45) is 0 Å². The van der Waals surface area contributed by atoms with Crippen LogP contribution in [0.25, 0.3) is 22.8 Å². The zero-order valence-electron chi connectivity index (χ0n) is 12.1. The number of hydrogen-bond acceptors (Lipinski definition) is 4. The van der Waals surface area contributed by atoms with Crippen LogP contribution in [0.15, 0.2) is 54.6 Å². The van der Waals surface area contributed by atoms with E-state index in [0.717, 1.165) is 16.6 Å². The number of aromatic nitrogens is 3. The smallest absolute Gasteiger partial charge is 0.357 e. The quantitative estimate of drug-likeness (QED) is 0.548. The van der Waals surface area contributed by atoms with Crippen LogP contribution < -0.4 is 0 Å². The molecule has 2 aromatic carbocycles. The van der Waals surface area contributed by atoms with E-state index in [0.29, 0.717) is 12.3 Å². The largest absolute Gasteiger partial charge is 0.461 e. The number of carbonyl (C=O) groups is 1. The van der Waals surface area contributed by atoms with E-state index in [1.807, 2.05) is 54.6 Å². The zero-order chi connectivity index (χ0) is 15.4. The third-order valence-electron chi connectivity index (χ3n) is 3.17. The van der Waals surface area contributed by atoms with E-state index in [2.05, 4.69) is 10.3 Å². The molecule has 0 saturated heterocycles. The van der Waals surface area contributed by atoms with Crippen molar-refractivity contribution in [3.8, 4) is 0 Å². The molecule has 0 aliphatic carbocycles. The molecule has 0 fully saturated rings. The van der Waals surface area contributed by atoms with Crippen LogP contribution in [-0.4, -0.2) is 27.6 Å². The van der Waals surface area contributed by atoms with E-state index in [4.69, 9.17) is 4.74 Å². The Morgan fingerprint density at radius 2 is 1.86 bits per heavy atom. The maximum absolute atomic E-state index is 12.3. The van der Waals surface area contributed by atoms with Gasteiger partial charge in [0.15, 0.2) is 5.70 Å². The normalized spacial score (nSPS) is 11.6. The van der Waals surface area contributed by atoms with E-state index < -0.39 is 5.97 Å². The maximum Gasteiger partial charge on any atom is 0.357 e. The summed E-state index contributed by atoms with van der Waals surface area (Å²) in [4.78, 5) is 12.3. The molecular weight excluding hydrogens is 278 g/mol. The lowest BCUT2D eigenvalue weighted by atomic mass is 10.2. The van der Waals surface area contributed by atoms with Crippen molar-refractivity contribution in [2.45, 2.75) is 6.92 Å². The number of carbonyl (C=O) groups excluding carboxylic acids is 1. The van der Waals surface area contributed by atoms with Crippen LogP contribution in [0.2, 0.25) is 0 Å². The Morgan fingerprint density at radius 1 is 1.14 bits per heavy atom. The number of para-hydroxylation sites is 1. The molecule has 3 rings (SSSR count). The molecule has 1 aromatic heterocycles. The monoisotopic (exact) mass is 293 g/mol. The maximum atomic E-state index is 12.3. The van der Waals surface area contributed by atoms with E-state index in [9.17, 15) is 4.79 Å². The summed E-state index contributed by atoms with van der Waals surface area (Å²) in [6, 6.07) is 17.1. The second-order valence-electron chi connectivity index (χ2n) is 4.65. The molecule has 0 radical (unpaired) electrons. The number of ether oxygens (including phenoxy) is 1. The lowest BCUT2D eigenvalue weighted by Gasteiger charge is -2.07. The fourth-order valence-electron chi connectivity index (χ4n) is 2.17. The van der Waals surface area contributed by atoms with Crippen molar-refractivity contribution < 1.29 is 9.53 Å². The second kappa shape index (κ2) is 6.22. The van der Waals surface area contributed by atoms with Crippen molar-refractivity contribution in [1.29, 1.82) is 0 Å². The average Bonchev–Trinajstić information content (AvgIpc) is 2.97. The van der Waals surface area contributed by atoms with Gasteiger partial charge in [-0.3, -0.25) is 0 Å². The molecule has 0 aliphatic heterocycles. The summed E-state index contributed by atoms with van der Waals surface area (Å²) in [6.45, 7) is 2.08. The summed E-state index contributed by atoms with van der Waals surface area (Å²) in [6.07, 6.45) is 1.75. The zero-order valence-corrected chi connectivity index (χ0v) is 12.1. The molecule has 0 bridgehead atoms. The first kappa shape index (κ1) is 14.0. The molecule has 0 amide bonds. The van der Waals surface area contributed by atoms with Gasteiger partial charge in [0.2, 0.25) is 0 Å². The van der Waals surface area contributed by atoms with Crippen molar-refractivity contribution in [3.63, 3.8) is 0 Å². The SMILES string of the molecule is CCOC(=O)C(=Cc1ccccc1)n1nnc2ccccc21. The molecule has 0 spiro atoms. The fraction of sp³-hybridized carbons (Fsp3) is 0.118. The van der Waals surface area contributed by atoms with Crippen LogP contribution in [0.4, 0.5) is 0 Å². The Morgan fingerprint density at radius 3 is 2.64 bits per heavy atom. The molecule has 5 nitrogen and oxygen atoms in total. The first-order valence-corrected chi connectivity index (χ1v) is 7.04. The predicted molar refractivity (Wildman–Crippen MR) is 84.8 cm³/mol. The molecule has 1 heterocycles. The van der Waals surface area contributed by atoms with Crippen LogP contribution >= 0.6 is 0 Å². The third-order valence-corrected chi connectivity index (χ3v) is 3.17. The van der Waals surface area contributed by atoms with Crippen LogP contribution in [0.1, 0.15) is 12.5 Å². The number of esters is 1. The Labute approximate surface area is 127 Å². The van der Waals surface area contributed by atoms with Crippen LogP contribution in [0, 0.1) is 0 Å². The van der Waals surface area contributed by atoms with Gasteiger partial charge in [0.1, 0.15) is 5.52 Å². The summed E-state index contributed by atoms with van der Waals surface area (Å²) in [5.41, 5.74) is 2.72. The Kier molecular flexibility index (Phi) is 3.96. The highest BCUT2D eigenvalue weighted by molar-refractivity contribution is 6.16. The number of fused-ring (bicyclic) bond motifs is 1. The molecule has 0 saturated carbocycles. The lowest BCUT2D eigenvalue weighted by Crippen LogP contribution is -2.13. The molecule has 3 aromatic rings. The Bertz CT molecular complexity index is 822. The summed E-state index contributed by atoms with van der Waals surface area (Å²) < 4.78 is 6.67. The van der Waals surface area contributed by atoms with Crippen LogP contribution in [0.3, 0.4) is 0 Å². The highest BCUT2D eigenvalue weighted by Crippen LogP contribution is 2.18. The molecule has 22 heavy (non-hydrogen) atoms. The van der Waals surface area contributed by atoms with Crippen molar-refractivity contribution in [1.82, 2.24) is 15.0 Å². The minimum atomic E-state index is -0.429. The number of benzene rings is 2. The molecule has 5 heteroatoms. The van der Waals surface area contributed by atoms with Gasteiger partial charge in [-0.15, -0.1) is 5.10 Å². The first-order chi connectivity index (χ1) is 10.8. The number of rotatable bonds is 4. The van der Waals surface area contributed by atoms with Crippen molar-refractivity contribution >= 4 is 28.8 Å². The summed E-state index contributed by atoms with van der Waals surface area (Å²) in [7, 11) is 0. The van der Waals surface area contributed by atoms with Crippen molar-refractivity contribution in [2.75, 3.05) is 6.61 Å². The average molecular weight is 293 g/mol. The molecule has 0 unspecified atom stereocenters. The van der Waals surface area contributed by atoms with Gasteiger partial charge in [-0.2, -0.15) is 0 Å². The van der Waals surface area contributed by atoms with Gasteiger partial charge >= 0.3 is 5.97 Å². The van der Waals surface area contributed by atoms with Gasteiger partial charge in [0.05, 0.1) is 12.1 Å². The predicted octanol–water partition coefficient (Wildman–Crippen LogP) is 2.99. The summed E-state index contributed by atoms with van der Waals surface area (Å²) in [5, 5.41) is 8.18. The second-order valence-corrected chi connectivity index (χ2v) is 4.65. The Hall–Kier alpha value is -2.95. The van der Waals surface area contributed by atoms with Gasteiger partial charge in [-0.05, 0) is 30.7 Å². The highest BCUT2D eigenvalue weighted by Gasteiger charge is 2.17. The summed E-state index contributed by atoms with van der Waals surface area (Å²) in [5.74, 6) is -0.429. The van der Waals surface area contributed by atoms with Crippen molar-refractivity contribution in [3.05, 3.63) is 60.2 Å². The van der Waals surface area contributed by atoms with Crippen LogP contribution in [-0.2, 0) is 9.53 Å². The van der Waals surface area contributed by atoms with Gasteiger partial charge in [-0.1, -0.05) is 47.7 Å².